The molecule has 1 unspecified atom stereocenters. The van der Waals surface area contributed by atoms with Gasteiger partial charge in [-0.25, -0.2) is 4.98 Å². The number of hydrogen-bond donors (Lipinski definition) is 2. The summed E-state index contributed by atoms with van der Waals surface area (Å²) in [5, 5.41) is 5.91. The summed E-state index contributed by atoms with van der Waals surface area (Å²) in [5.41, 5.74) is 6.31. The summed E-state index contributed by atoms with van der Waals surface area (Å²) in [6.45, 7) is 2.75. The molecule has 0 aromatic carbocycles. The first-order chi connectivity index (χ1) is 9.97. The van der Waals surface area contributed by atoms with Crippen LogP contribution in [0.5, 0.6) is 0 Å². The van der Waals surface area contributed by atoms with Crippen molar-refractivity contribution in [3.8, 4) is 0 Å². The molecule has 1 atom stereocenters. The first-order valence-electron chi connectivity index (χ1n) is 6.85. The van der Waals surface area contributed by atoms with E-state index in [0.717, 1.165) is 23.8 Å². The number of nitrogens with zero attached hydrogens (tertiary/aromatic N) is 3. The molecule has 21 heavy (non-hydrogen) atoms. The number of thiazole rings is 1. The summed E-state index contributed by atoms with van der Waals surface area (Å²) >= 11 is 1.48. The van der Waals surface area contributed by atoms with E-state index in [9.17, 15) is 9.59 Å². The van der Waals surface area contributed by atoms with Gasteiger partial charge in [0, 0.05) is 45.7 Å². The summed E-state index contributed by atoms with van der Waals surface area (Å²) in [6.07, 6.45) is 0.318. The number of nitrogens with one attached hydrogen (secondary N) is 1. The Morgan fingerprint density at radius 2 is 2.33 bits per heavy atom. The van der Waals surface area contributed by atoms with E-state index < -0.39 is 0 Å². The average Bonchev–Trinajstić information content (AvgIpc) is 2.86. The molecule has 1 fully saturated rings. The summed E-state index contributed by atoms with van der Waals surface area (Å²) in [6, 6.07) is -0.299. The first kappa shape index (κ1) is 15.9. The highest BCUT2D eigenvalue weighted by Crippen LogP contribution is 2.15. The Balaban J connectivity index is 1.98. The Hall–Kier alpha value is -1.51. The molecule has 1 aliphatic heterocycles. The van der Waals surface area contributed by atoms with E-state index in [1.54, 1.807) is 19.0 Å². The van der Waals surface area contributed by atoms with Crippen LogP contribution in [0.15, 0.2) is 5.38 Å². The van der Waals surface area contributed by atoms with Gasteiger partial charge < -0.3 is 16.0 Å². The summed E-state index contributed by atoms with van der Waals surface area (Å²) in [7, 11) is 3.46. The summed E-state index contributed by atoms with van der Waals surface area (Å²) in [5.74, 6) is -0.284. The Morgan fingerprint density at radius 3 is 3.00 bits per heavy atom. The number of primary amides is 1. The predicted octanol–water partition coefficient (Wildman–Crippen LogP) is -0.967. The van der Waals surface area contributed by atoms with Crippen LogP contribution >= 0.6 is 11.3 Å². The number of aromatic nitrogens is 1. The van der Waals surface area contributed by atoms with Crippen molar-refractivity contribution in [2.24, 2.45) is 5.73 Å². The third-order valence-corrected chi connectivity index (χ3v) is 4.35. The van der Waals surface area contributed by atoms with Crippen LogP contribution in [0.2, 0.25) is 0 Å². The molecule has 0 aliphatic carbocycles. The fourth-order valence-corrected chi connectivity index (χ4v) is 2.99. The number of hydrogen-bond acceptors (Lipinski definition) is 6. The monoisotopic (exact) mass is 311 g/mol. The molecule has 2 amide bonds. The van der Waals surface area contributed by atoms with Gasteiger partial charge in [-0.2, -0.15) is 0 Å². The molecule has 2 heterocycles. The van der Waals surface area contributed by atoms with Gasteiger partial charge >= 0.3 is 0 Å². The van der Waals surface area contributed by atoms with Gasteiger partial charge in [0.05, 0.1) is 12.1 Å². The number of rotatable bonds is 5. The smallest absolute Gasteiger partial charge is 0.236 e. The Kier molecular flexibility index (Phi) is 5.27. The third kappa shape index (κ3) is 4.23. The van der Waals surface area contributed by atoms with Gasteiger partial charge in [-0.3, -0.25) is 14.5 Å². The van der Waals surface area contributed by atoms with Gasteiger partial charge in [-0.15, -0.1) is 11.3 Å². The normalized spacial score (nSPS) is 19.4. The molecule has 1 aromatic rings. The van der Waals surface area contributed by atoms with E-state index in [4.69, 9.17) is 5.73 Å². The Bertz CT molecular complexity index is 516. The lowest BCUT2D eigenvalue weighted by Gasteiger charge is -2.33. The molecule has 0 radical (unpaired) electrons. The fraction of sp³-hybridized carbons (Fsp3) is 0.615. The highest BCUT2D eigenvalue weighted by atomic mass is 32.1. The molecule has 116 valence electrons. The molecule has 0 bridgehead atoms. The van der Waals surface area contributed by atoms with Crippen LogP contribution in [0, 0.1) is 0 Å². The molecular formula is C13H21N5O2S. The lowest BCUT2D eigenvalue weighted by Crippen LogP contribution is -2.56. The second kappa shape index (κ2) is 6.97. The number of carbonyl (C=O) groups is 2. The Labute approximate surface area is 128 Å². The van der Waals surface area contributed by atoms with Crippen LogP contribution in [0.25, 0.3) is 0 Å². The van der Waals surface area contributed by atoms with Crippen molar-refractivity contribution < 1.29 is 9.59 Å². The standard InChI is InChI=1S/C13H21N5O2S/c1-17(2)12(19)5-11-16-9(8-21-11)7-18-4-3-15-6-10(18)13(14)20/h8,10,15H,3-7H2,1-2H3,(H2,14,20). The van der Waals surface area contributed by atoms with Gasteiger partial charge in [-0.1, -0.05) is 0 Å². The van der Waals surface area contributed by atoms with E-state index in [-0.39, 0.29) is 17.9 Å². The van der Waals surface area contributed by atoms with Crippen molar-refractivity contribution in [2.75, 3.05) is 33.7 Å². The highest BCUT2D eigenvalue weighted by molar-refractivity contribution is 7.09. The maximum Gasteiger partial charge on any atom is 0.236 e. The molecule has 1 saturated heterocycles. The zero-order chi connectivity index (χ0) is 15.4. The first-order valence-corrected chi connectivity index (χ1v) is 7.73. The van der Waals surface area contributed by atoms with Crippen molar-refractivity contribution >= 4 is 23.2 Å². The summed E-state index contributed by atoms with van der Waals surface area (Å²) in [4.78, 5) is 31.2. The number of nitrogens with two attached hydrogens (primary N) is 1. The van der Waals surface area contributed by atoms with E-state index in [0.29, 0.717) is 19.5 Å². The van der Waals surface area contributed by atoms with Crippen LogP contribution in [0.4, 0.5) is 0 Å². The molecule has 0 spiro atoms. The third-order valence-electron chi connectivity index (χ3n) is 3.45. The molecule has 1 aromatic heterocycles. The quantitative estimate of drug-likeness (QED) is 0.730. The van der Waals surface area contributed by atoms with Crippen LogP contribution in [-0.4, -0.2) is 66.4 Å². The zero-order valence-corrected chi connectivity index (χ0v) is 13.2. The average molecular weight is 311 g/mol. The number of amides is 2. The highest BCUT2D eigenvalue weighted by Gasteiger charge is 2.27. The zero-order valence-electron chi connectivity index (χ0n) is 12.3. The largest absolute Gasteiger partial charge is 0.368 e. The minimum Gasteiger partial charge on any atom is -0.368 e. The maximum absolute atomic E-state index is 11.7. The van der Waals surface area contributed by atoms with Gasteiger partial charge in [0.1, 0.15) is 11.0 Å². The summed E-state index contributed by atoms with van der Waals surface area (Å²) < 4.78 is 0. The maximum atomic E-state index is 11.7. The van der Waals surface area contributed by atoms with Crippen molar-refractivity contribution in [1.29, 1.82) is 0 Å². The molecular weight excluding hydrogens is 290 g/mol. The van der Waals surface area contributed by atoms with E-state index in [1.807, 2.05) is 10.3 Å². The van der Waals surface area contributed by atoms with E-state index >= 15 is 0 Å². The topological polar surface area (TPSA) is 91.6 Å². The lowest BCUT2D eigenvalue weighted by atomic mass is 10.1. The van der Waals surface area contributed by atoms with Crippen molar-refractivity contribution in [1.82, 2.24) is 20.1 Å². The number of carbonyl (C=O) groups excluding carboxylic acids is 2. The van der Waals surface area contributed by atoms with Crippen molar-refractivity contribution in [3.05, 3.63) is 16.1 Å². The van der Waals surface area contributed by atoms with Gasteiger partial charge in [0.25, 0.3) is 0 Å². The van der Waals surface area contributed by atoms with Crippen molar-refractivity contribution in [3.63, 3.8) is 0 Å². The molecule has 7 nitrogen and oxygen atoms in total. The number of piperazine rings is 1. The van der Waals surface area contributed by atoms with Gasteiger partial charge in [-0.05, 0) is 0 Å². The van der Waals surface area contributed by atoms with Gasteiger partial charge in [0.15, 0.2) is 0 Å². The van der Waals surface area contributed by atoms with Crippen LogP contribution in [-0.2, 0) is 22.6 Å². The minimum atomic E-state index is -0.319. The molecule has 8 heteroatoms. The predicted molar refractivity (Wildman–Crippen MR) is 80.8 cm³/mol. The van der Waals surface area contributed by atoms with Gasteiger partial charge in [0.2, 0.25) is 11.8 Å². The molecule has 1 aliphatic rings. The van der Waals surface area contributed by atoms with Crippen LogP contribution in [0.1, 0.15) is 10.7 Å². The number of likely N-dealkylation sites (N-methyl/N-ethyl adjacent to an activating group) is 1. The SMILES string of the molecule is CN(C)C(=O)Cc1nc(CN2CCNCC2C(N)=O)cs1. The van der Waals surface area contributed by atoms with E-state index in [1.165, 1.54) is 11.3 Å². The van der Waals surface area contributed by atoms with Crippen LogP contribution < -0.4 is 11.1 Å². The molecule has 3 N–H and O–H groups in total. The Morgan fingerprint density at radius 1 is 1.57 bits per heavy atom. The second-order valence-electron chi connectivity index (χ2n) is 5.29. The fourth-order valence-electron chi connectivity index (χ4n) is 2.21. The molecule has 2 rings (SSSR count). The van der Waals surface area contributed by atoms with E-state index in [2.05, 4.69) is 10.3 Å². The minimum absolute atomic E-state index is 0.0353. The lowest BCUT2D eigenvalue weighted by molar-refractivity contribution is -0.128. The molecule has 0 saturated carbocycles. The second-order valence-corrected chi connectivity index (χ2v) is 6.23. The van der Waals surface area contributed by atoms with Crippen molar-refractivity contribution in [2.45, 2.75) is 19.0 Å². The van der Waals surface area contributed by atoms with Crippen LogP contribution in [0.3, 0.4) is 0 Å².